The number of esters is 1. The summed E-state index contributed by atoms with van der Waals surface area (Å²) in [5.74, 6) is 0.555. The second-order valence-electron chi connectivity index (χ2n) is 7.72. The minimum absolute atomic E-state index is 0.129. The van der Waals surface area contributed by atoms with Crippen molar-refractivity contribution in [2.75, 3.05) is 6.79 Å². The normalized spacial score (nSPS) is 12.1. The van der Waals surface area contributed by atoms with Crippen molar-refractivity contribution in [3.05, 3.63) is 101 Å². The van der Waals surface area contributed by atoms with Gasteiger partial charge in [-0.15, -0.1) is 0 Å². The minimum Gasteiger partial charge on any atom is -0.454 e. The van der Waals surface area contributed by atoms with E-state index >= 15 is 0 Å². The molecule has 1 aliphatic rings. The second-order valence-corrected chi connectivity index (χ2v) is 7.72. The van der Waals surface area contributed by atoms with E-state index in [4.69, 9.17) is 14.2 Å². The van der Waals surface area contributed by atoms with Crippen molar-refractivity contribution in [3.8, 4) is 17.2 Å². The molecule has 4 aromatic carbocycles. The fourth-order valence-corrected chi connectivity index (χ4v) is 3.60. The van der Waals surface area contributed by atoms with Crippen LogP contribution in [0.4, 0.5) is 0 Å². The molecule has 0 aliphatic carbocycles. The fourth-order valence-electron chi connectivity index (χ4n) is 3.60. The van der Waals surface area contributed by atoms with Gasteiger partial charge in [0.15, 0.2) is 11.5 Å². The van der Waals surface area contributed by atoms with E-state index in [1.807, 2.05) is 49.4 Å². The van der Waals surface area contributed by atoms with E-state index in [-0.39, 0.29) is 6.79 Å². The smallest absolute Gasteiger partial charge is 0.343 e. The van der Waals surface area contributed by atoms with Gasteiger partial charge >= 0.3 is 5.97 Å². The number of carbonyl (C=O) groups excluding carboxylic acids is 2. The van der Waals surface area contributed by atoms with E-state index < -0.39 is 11.9 Å². The molecule has 0 saturated carbocycles. The zero-order valence-electron chi connectivity index (χ0n) is 18.3. The van der Waals surface area contributed by atoms with Crippen molar-refractivity contribution in [1.82, 2.24) is 5.43 Å². The summed E-state index contributed by atoms with van der Waals surface area (Å²) in [6.07, 6.45) is 1.48. The van der Waals surface area contributed by atoms with Crippen molar-refractivity contribution >= 4 is 28.9 Å². The molecule has 0 fully saturated rings. The molecule has 0 radical (unpaired) electrons. The van der Waals surface area contributed by atoms with Crippen LogP contribution in [0.1, 0.15) is 31.8 Å². The number of hydrazone groups is 1. The van der Waals surface area contributed by atoms with Gasteiger partial charge in [0, 0.05) is 11.1 Å². The van der Waals surface area contributed by atoms with E-state index in [9.17, 15) is 9.59 Å². The topological polar surface area (TPSA) is 86.2 Å². The predicted molar refractivity (Wildman–Crippen MR) is 128 cm³/mol. The average molecular weight is 452 g/mol. The third kappa shape index (κ3) is 4.31. The van der Waals surface area contributed by atoms with Crippen LogP contribution in [0, 0.1) is 6.92 Å². The fraction of sp³-hybridized carbons (Fsp3) is 0.0741. The molecule has 1 N–H and O–H groups in total. The van der Waals surface area contributed by atoms with Crippen LogP contribution in [0.2, 0.25) is 0 Å². The van der Waals surface area contributed by atoms with E-state index in [0.29, 0.717) is 33.9 Å². The average Bonchev–Trinajstić information content (AvgIpc) is 3.33. The first-order chi connectivity index (χ1) is 16.6. The molecule has 0 saturated heterocycles. The zero-order chi connectivity index (χ0) is 23.5. The Labute approximate surface area is 195 Å². The molecule has 7 nitrogen and oxygen atoms in total. The van der Waals surface area contributed by atoms with Gasteiger partial charge in [-0.25, -0.2) is 10.2 Å². The van der Waals surface area contributed by atoms with E-state index in [0.717, 1.165) is 16.3 Å². The third-order valence-electron chi connectivity index (χ3n) is 5.42. The summed E-state index contributed by atoms with van der Waals surface area (Å²) < 4.78 is 16.3. The van der Waals surface area contributed by atoms with Gasteiger partial charge in [0.2, 0.25) is 6.79 Å². The van der Waals surface area contributed by atoms with Crippen LogP contribution >= 0.6 is 0 Å². The van der Waals surface area contributed by atoms with Crippen molar-refractivity contribution in [2.45, 2.75) is 6.92 Å². The van der Waals surface area contributed by atoms with Crippen molar-refractivity contribution in [1.29, 1.82) is 0 Å². The second kappa shape index (κ2) is 9.07. The van der Waals surface area contributed by atoms with Gasteiger partial charge in [0.25, 0.3) is 5.91 Å². The molecule has 1 amide bonds. The quantitative estimate of drug-likeness (QED) is 0.202. The Kier molecular flexibility index (Phi) is 5.66. The number of nitrogens with zero attached hydrogens (tertiary/aromatic N) is 1. The highest BCUT2D eigenvalue weighted by atomic mass is 16.7. The highest BCUT2D eigenvalue weighted by molar-refractivity contribution is 6.04. The van der Waals surface area contributed by atoms with Crippen LogP contribution < -0.4 is 19.6 Å². The summed E-state index contributed by atoms with van der Waals surface area (Å²) in [7, 11) is 0. The summed E-state index contributed by atoms with van der Waals surface area (Å²) >= 11 is 0. The molecule has 1 aliphatic heterocycles. The van der Waals surface area contributed by atoms with Gasteiger partial charge in [0.05, 0.1) is 11.8 Å². The molecular weight excluding hydrogens is 432 g/mol. The van der Waals surface area contributed by atoms with E-state index in [1.54, 1.807) is 36.4 Å². The number of rotatable bonds is 5. The van der Waals surface area contributed by atoms with Crippen LogP contribution in [0.5, 0.6) is 17.2 Å². The monoisotopic (exact) mass is 452 g/mol. The molecule has 0 spiro atoms. The Balaban J connectivity index is 1.40. The Morgan fingerprint density at radius 2 is 1.68 bits per heavy atom. The highest BCUT2D eigenvalue weighted by Gasteiger charge is 2.16. The maximum absolute atomic E-state index is 12.7. The van der Waals surface area contributed by atoms with E-state index in [2.05, 4.69) is 10.5 Å². The predicted octanol–water partition coefficient (Wildman–Crippen LogP) is 4.86. The summed E-state index contributed by atoms with van der Waals surface area (Å²) in [6.45, 7) is 2.08. The molecule has 1 heterocycles. The van der Waals surface area contributed by atoms with Gasteiger partial charge in [0.1, 0.15) is 5.75 Å². The van der Waals surface area contributed by atoms with Gasteiger partial charge in [-0.05, 0) is 54.1 Å². The molecule has 0 atom stereocenters. The first-order valence-corrected chi connectivity index (χ1v) is 10.6. The Morgan fingerprint density at radius 3 is 2.53 bits per heavy atom. The van der Waals surface area contributed by atoms with Gasteiger partial charge < -0.3 is 14.2 Å². The largest absolute Gasteiger partial charge is 0.454 e. The van der Waals surface area contributed by atoms with Crippen LogP contribution in [0.15, 0.2) is 84.0 Å². The third-order valence-corrected chi connectivity index (χ3v) is 5.42. The van der Waals surface area contributed by atoms with Gasteiger partial charge in [-0.2, -0.15) is 5.10 Å². The number of ether oxygens (including phenoxy) is 3. The highest BCUT2D eigenvalue weighted by Crippen LogP contribution is 2.32. The van der Waals surface area contributed by atoms with Crippen molar-refractivity contribution < 1.29 is 23.8 Å². The van der Waals surface area contributed by atoms with Gasteiger partial charge in [-0.3, -0.25) is 4.79 Å². The molecule has 0 unspecified atom stereocenters. The SMILES string of the molecule is Cc1ccc(C(=O)Oc2ccc3ccccc3c2/C=N\NC(=O)c2ccc3c(c2)OCO3)cc1. The lowest BCUT2D eigenvalue weighted by molar-refractivity contribution is 0.0734. The van der Waals surface area contributed by atoms with Crippen molar-refractivity contribution in [2.24, 2.45) is 5.10 Å². The van der Waals surface area contributed by atoms with Crippen LogP contribution in [-0.2, 0) is 0 Å². The molecule has 7 heteroatoms. The summed E-state index contributed by atoms with van der Waals surface area (Å²) in [4.78, 5) is 25.3. The first-order valence-electron chi connectivity index (χ1n) is 10.6. The molecule has 5 rings (SSSR count). The van der Waals surface area contributed by atoms with Crippen molar-refractivity contribution in [3.63, 3.8) is 0 Å². The van der Waals surface area contributed by atoms with Crippen LogP contribution in [0.3, 0.4) is 0 Å². The lowest BCUT2D eigenvalue weighted by Gasteiger charge is -2.11. The Bertz CT molecular complexity index is 1430. The number of amides is 1. The number of carbonyl (C=O) groups is 2. The number of hydrogen-bond acceptors (Lipinski definition) is 6. The maximum Gasteiger partial charge on any atom is 0.343 e. The lowest BCUT2D eigenvalue weighted by Crippen LogP contribution is -2.17. The summed E-state index contributed by atoms with van der Waals surface area (Å²) in [6, 6.07) is 23.3. The number of fused-ring (bicyclic) bond motifs is 2. The maximum atomic E-state index is 12.7. The molecular formula is C27H20N2O5. The molecule has 4 aromatic rings. The molecule has 0 aromatic heterocycles. The molecule has 168 valence electrons. The Hall–Kier alpha value is -4.65. The number of hydrogen-bond donors (Lipinski definition) is 1. The lowest BCUT2D eigenvalue weighted by atomic mass is 10.0. The van der Waals surface area contributed by atoms with Crippen LogP contribution in [-0.4, -0.2) is 24.9 Å². The molecule has 34 heavy (non-hydrogen) atoms. The van der Waals surface area contributed by atoms with Crippen LogP contribution in [0.25, 0.3) is 10.8 Å². The number of aryl methyl sites for hydroxylation is 1. The summed E-state index contributed by atoms with van der Waals surface area (Å²) in [5, 5.41) is 5.90. The Morgan fingerprint density at radius 1 is 0.912 bits per heavy atom. The van der Waals surface area contributed by atoms with Gasteiger partial charge in [-0.1, -0.05) is 48.0 Å². The number of benzene rings is 4. The number of nitrogens with one attached hydrogen (secondary N) is 1. The summed E-state index contributed by atoms with van der Waals surface area (Å²) in [5.41, 5.74) is 4.96. The van der Waals surface area contributed by atoms with E-state index in [1.165, 1.54) is 6.21 Å². The standard InChI is InChI=1S/C27H20N2O5/c1-17-6-8-19(9-7-17)27(31)34-23-12-10-18-4-2-3-5-21(18)22(23)15-28-29-26(30)20-11-13-24-25(14-20)33-16-32-24/h2-15H,16H2,1H3,(H,29,30)/b28-15-. The minimum atomic E-state index is -0.477. The first kappa shape index (κ1) is 21.2. The molecule has 0 bridgehead atoms. The zero-order valence-corrected chi connectivity index (χ0v) is 18.3.